The standard InChI is InChI=1S/C29H48N4O6/c1-8-9-10-11-12-18-33(24(26(36)31-19(2)3)21-15-13-14-20(4)25(21)35)27(37)22(16-17-23(30)34)32-28(38)39-29(5,6)7/h13-15,19,22,24,35H,8-12,16-18H2,1-7H3,(H2,30,34)(H,31,36)(H,32,38). The zero-order chi connectivity index (χ0) is 29.8. The van der Waals surface area contributed by atoms with Crippen molar-refractivity contribution in [1.82, 2.24) is 15.5 Å². The fourth-order valence-corrected chi connectivity index (χ4v) is 4.16. The van der Waals surface area contributed by atoms with E-state index in [9.17, 15) is 24.3 Å². The van der Waals surface area contributed by atoms with Crippen LogP contribution in [-0.4, -0.2) is 58.1 Å². The van der Waals surface area contributed by atoms with Crippen molar-refractivity contribution in [3.8, 4) is 5.75 Å². The number of benzene rings is 1. The molecule has 2 unspecified atom stereocenters. The van der Waals surface area contributed by atoms with E-state index >= 15 is 0 Å². The predicted octanol–water partition coefficient (Wildman–Crippen LogP) is 4.22. The number of carbonyl (C=O) groups is 4. The summed E-state index contributed by atoms with van der Waals surface area (Å²) in [5, 5.41) is 16.4. The molecular formula is C29H48N4O6. The zero-order valence-electron chi connectivity index (χ0n) is 24.6. The van der Waals surface area contributed by atoms with Gasteiger partial charge in [0.2, 0.25) is 17.7 Å². The number of primary amides is 1. The molecule has 0 radical (unpaired) electrons. The Hall–Kier alpha value is -3.30. The van der Waals surface area contributed by atoms with Crippen LogP contribution in [0.4, 0.5) is 4.79 Å². The van der Waals surface area contributed by atoms with E-state index in [-0.39, 0.29) is 36.7 Å². The summed E-state index contributed by atoms with van der Waals surface area (Å²) in [6, 6.07) is 2.48. The van der Waals surface area contributed by atoms with E-state index in [0.29, 0.717) is 12.0 Å². The van der Waals surface area contributed by atoms with Crippen molar-refractivity contribution in [1.29, 1.82) is 0 Å². The highest BCUT2D eigenvalue weighted by Gasteiger charge is 2.37. The summed E-state index contributed by atoms with van der Waals surface area (Å²) in [6.45, 7) is 12.7. The molecular weight excluding hydrogens is 500 g/mol. The number of phenolic OH excluding ortho intramolecular Hbond substituents is 1. The van der Waals surface area contributed by atoms with Crippen molar-refractivity contribution >= 4 is 23.8 Å². The summed E-state index contributed by atoms with van der Waals surface area (Å²) in [7, 11) is 0. The van der Waals surface area contributed by atoms with Crippen LogP contribution in [0.15, 0.2) is 18.2 Å². The van der Waals surface area contributed by atoms with Gasteiger partial charge in [-0.25, -0.2) is 4.79 Å². The van der Waals surface area contributed by atoms with E-state index in [1.165, 1.54) is 4.90 Å². The van der Waals surface area contributed by atoms with Crippen LogP contribution in [0.5, 0.6) is 5.75 Å². The van der Waals surface area contributed by atoms with Crippen molar-refractivity contribution < 1.29 is 29.0 Å². The van der Waals surface area contributed by atoms with Crippen LogP contribution in [0, 0.1) is 6.92 Å². The van der Waals surface area contributed by atoms with Gasteiger partial charge in [0.1, 0.15) is 23.4 Å². The minimum absolute atomic E-state index is 0.0714. The SMILES string of the molecule is CCCCCCCN(C(=O)C(CCC(N)=O)NC(=O)OC(C)(C)C)C(C(=O)NC(C)C)c1cccc(C)c1O. The third kappa shape index (κ3) is 12.0. The molecule has 0 aliphatic carbocycles. The molecule has 5 N–H and O–H groups in total. The average molecular weight is 549 g/mol. The van der Waals surface area contributed by atoms with Crippen LogP contribution in [0.1, 0.15) is 104 Å². The monoisotopic (exact) mass is 548 g/mol. The Labute approximate surface area is 233 Å². The lowest BCUT2D eigenvalue weighted by molar-refractivity contribution is -0.143. The third-order valence-electron chi connectivity index (χ3n) is 6.01. The molecule has 1 aromatic carbocycles. The fraction of sp³-hybridized carbons (Fsp3) is 0.655. The molecule has 1 rings (SSSR count). The quantitative estimate of drug-likeness (QED) is 0.241. The van der Waals surface area contributed by atoms with Crippen LogP contribution in [0.25, 0.3) is 0 Å². The number of unbranched alkanes of at least 4 members (excludes halogenated alkanes) is 4. The molecule has 0 aliphatic rings. The lowest BCUT2D eigenvalue weighted by Gasteiger charge is -2.35. The Kier molecular flexibility index (Phi) is 13.8. The first-order valence-corrected chi connectivity index (χ1v) is 13.8. The molecule has 39 heavy (non-hydrogen) atoms. The van der Waals surface area contributed by atoms with Crippen molar-refractivity contribution in [3.05, 3.63) is 29.3 Å². The maximum absolute atomic E-state index is 14.1. The van der Waals surface area contributed by atoms with E-state index in [2.05, 4.69) is 17.6 Å². The largest absolute Gasteiger partial charge is 0.507 e. The molecule has 0 saturated carbocycles. The number of aryl methyl sites for hydroxylation is 1. The first-order chi connectivity index (χ1) is 18.2. The molecule has 0 bridgehead atoms. The molecule has 0 saturated heterocycles. The van der Waals surface area contributed by atoms with Crippen LogP contribution in [0.2, 0.25) is 0 Å². The topological polar surface area (TPSA) is 151 Å². The van der Waals surface area contributed by atoms with Crippen molar-refractivity contribution in [3.63, 3.8) is 0 Å². The molecule has 0 heterocycles. The number of hydrogen-bond donors (Lipinski definition) is 4. The van der Waals surface area contributed by atoms with E-state index in [1.54, 1.807) is 45.9 Å². The fourth-order valence-electron chi connectivity index (χ4n) is 4.16. The van der Waals surface area contributed by atoms with Gasteiger partial charge in [-0.3, -0.25) is 14.4 Å². The van der Waals surface area contributed by atoms with Gasteiger partial charge in [0.25, 0.3) is 0 Å². The van der Waals surface area contributed by atoms with E-state index in [4.69, 9.17) is 10.5 Å². The van der Waals surface area contributed by atoms with Crippen LogP contribution < -0.4 is 16.4 Å². The Morgan fingerprint density at radius 1 is 1.05 bits per heavy atom. The van der Waals surface area contributed by atoms with Gasteiger partial charge in [-0.1, -0.05) is 50.8 Å². The van der Waals surface area contributed by atoms with Crippen LogP contribution >= 0.6 is 0 Å². The Bertz CT molecular complexity index is 973. The van der Waals surface area contributed by atoms with Crippen LogP contribution in [0.3, 0.4) is 0 Å². The second-order valence-electron chi connectivity index (χ2n) is 11.2. The molecule has 0 aromatic heterocycles. The first kappa shape index (κ1) is 33.7. The molecule has 0 fully saturated rings. The second kappa shape index (κ2) is 16.0. The summed E-state index contributed by atoms with van der Waals surface area (Å²) in [5.74, 6) is -1.74. The summed E-state index contributed by atoms with van der Waals surface area (Å²) in [4.78, 5) is 53.4. The molecule has 4 amide bonds. The lowest BCUT2D eigenvalue weighted by atomic mass is 9.98. The number of hydrogen-bond acceptors (Lipinski definition) is 6. The molecule has 1 aromatic rings. The number of alkyl carbamates (subject to hydrolysis) is 1. The third-order valence-corrected chi connectivity index (χ3v) is 6.01. The number of para-hydroxylation sites is 1. The highest BCUT2D eigenvalue weighted by molar-refractivity contribution is 5.93. The van der Waals surface area contributed by atoms with E-state index < -0.39 is 41.5 Å². The van der Waals surface area contributed by atoms with Gasteiger partial charge >= 0.3 is 6.09 Å². The maximum Gasteiger partial charge on any atom is 0.408 e. The van der Waals surface area contributed by atoms with Crippen LogP contribution in [-0.2, 0) is 19.1 Å². The highest BCUT2D eigenvalue weighted by Crippen LogP contribution is 2.33. The number of rotatable bonds is 15. The number of nitrogens with zero attached hydrogens (tertiary/aromatic N) is 1. The molecule has 0 aliphatic heterocycles. The minimum Gasteiger partial charge on any atom is -0.507 e. The van der Waals surface area contributed by atoms with E-state index in [0.717, 1.165) is 25.7 Å². The van der Waals surface area contributed by atoms with Gasteiger partial charge in [-0.05, 0) is 59.9 Å². The molecule has 2 atom stereocenters. The van der Waals surface area contributed by atoms with Crippen molar-refractivity contribution in [2.45, 2.75) is 117 Å². The Morgan fingerprint density at radius 2 is 1.69 bits per heavy atom. The number of phenols is 1. The van der Waals surface area contributed by atoms with Gasteiger partial charge in [0.05, 0.1) is 0 Å². The smallest absolute Gasteiger partial charge is 0.408 e. The average Bonchev–Trinajstić information content (AvgIpc) is 2.81. The number of nitrogens with one attached hydrogen (secondary N) is 2. The van der Waals surface area contributed by atoms with Crippen molar-refractivity contribution in [2.24, 2.45) is 5.73 Å². The summed E-state index contributed by atoms with van der Waals surface area (Å²) in [6.07, 6.45) is 3.46. The maximum atomic E-state index is 14.1. The van der Waals surface area contributed by atoms with Gasteiger partial charge in [0, 0.05) is 24.6 Å². The van der Waals surface area contributed by atoms with Gasteiger partial charge in [-0.2, -0.15) is 0 Å². The number of aromatic hydroxyl groups is 1. The number of ether oxygens (including phenoxy) is 1. The normalized spacial score (nSPS) is 12.9. The molecule has 10 nitrogen and oxygen atoms in total. The highest BCUT2D eigenvalue weighted by atomic mass is 16.6. The molecule has 0 spiro atoms. The lowest BCUT2D eigenvalue weighted by Crippen LogP contribution is -2.54. The van der Waals surface area contributed by atoms with E-state index in [1.807, 2.05) is 13.8 Å². The zero-order valence-corrected chi connectivity index (χ0v) is 24.6. The first-order valence-electron chi connectivity index (χ1n) is 13.8. The van der Waals surface area contributed by atoms with Crippen molar-refractivity contribution in [2.75, 3.05) is 6.54 Å². The van der Waals surface area contributed by atoms with Gasteiger partial charge < -0.3 is 31.1 Å². The summed E-state index contributed by atoms with van der Waals surface area (Å²) >= 11 is 0. The minimum atomic E-state index is -1.18. The van der Waals surface area contributed by atoms with Gasteiger partial charge in [-0.15, -0.1) is 0 Å². The summed E-state index contributed by atoms with van der Waals surface area (Å²) < 4.78 is 5.35. The number of amides is 4. The number of nitrogens with two attached hydrogens (primary N) is 1. The molecule has 220 valence electrons. The summed E-state index contributed by atoms with van der Waals surface area (Å²) in [5.41, 5.74) is 5.39. The predicted molar refractivity (Wildman–Crippen MR) is 151 cm³/mol. The number of carbonyl (C=O) groups excluding carboxylic acids is 4. The Balaban J connectivity index is 3.56. The van der Waals surface area contributed by atoms with Gasteiger partial charge in [0.15, 0.2) is 0 Å². The Morgan fingerprint density at radius 3 is 2.26 bits per heavy atom. The second-order valence-corrected chi connectivity index (χ2v) is 11.2. The molecule has 10 heteroatoms.